The molecule has 0 saturated carbocycles. The van der Waals surface area contributed by atoms with E-state index in [1.165, 1.54) is 6.08 Å². The number of carbonyl (C=O) groups is 1. The van der Waals surface area contributed by atoms with Gasteiger partial charge in [-0.15, -0.1) is 11.6 Å². The average Bonchev–Trinajstić information content (AvgIpc) is 2.78. The van der Waals surface area contributed by atoms with Crippen LogP contribution in [0.4, 0.5) is 11.4 Å². The van der Waals surface area contributed by atoms with Crippen LogP contribution in [0.3, 0.4) is 0 Å². The Morgan fingerprint density at radius 1 is 1.37 bits per heavy atom. The van der Waals surface area contributed by atoms with Gasteiger partial charge in [0.15, 0.2) is 6.17 Å². The Morgan fingerprint density at radius 3 is 2.71 bits per heavy atom. The molecule has 0 aliphatic carbocycles. The molecular formula is C24H41ClN6O3P+. The van der Waals surface area contributed by atoms with Crippen LogP contribution < -0.4 is 26.0 Å². The first-order valence-electron chi connectivity index (χ1n) is 11.9. The van der Waals surface area contributed by atoms with Crippen LogP contribution in [0.2, 0.25) is 0 Å². The number of benzene rings is 1. The Kier molecular flexibility index (Phi) is 8.95. The number of halogens is 1. The summed E-state index contributed by atoms with van der Waals surface area (Å²) >= 11 is 6.88. The maximum atomic E-state index is 13.1. The molecule has 5 atom stereocenters. The Bertz CT molecular complexity index is 971. The van der Waals surface area contributed by atoms with Crippen molar-refractivity contribution in [1.82, 2.24) is 15.5 Å². The van der Waals surface area contributed by atoms with Gasteiger partial charge >= 0.3 is 0 Å². The highest BCUT2D eigenvalue weighted by Crippen LogP contribution is 2.47. The zero-order valence-corrected chi connectivity index (χ0v) is 23.3. The molecule has 0 bridgehead atoms. The lowest BCUT2D eigenvalue weighted by atomic mass is 10.0. The van der Waals surface area contributed by atoms with Gasteiger partial charge in [0.05, 0.1) is 34.0 Å². The summed E-state index contributed by atoms with van der Waals surface area (Å²) in [7, 11) is 5.67. The number of carbonyl (C=O) groups excluding carboxylic acids is 1. The van der Waals surface area contributed by atoms with Crippen molar-refractivity contribution < 1.29 is 18.6 Å². The third-order valence-electron chi connectivity index (χ3n) is 7.14. The Morgan fingerprint density at radius 2 is 2.09 bits per heavy atom. The number of rotatable bonds is 8. The molecule has 0 spiro atoms. The Balaban J connectivity index is 1.84. The van der Waals surface area contributed by atoms with Crippen molar-refractivity contribution in [1.29, 1.82) is 0 Å². The van der Waals surface area contributed by atoms with Gasteiger partial charge in [0.25, 0.3) is 0 Å². The number of likely N-dealkylation sites (N-methyl/N-ethyl adjacent to an activating group) is 1. The molecule has 2 aliphatic rings. The largest absolute Gasteiger partial charge is 0.495 e. The zero-order valence-electron chi connectivity index (χ0n) is 21.7. The second-order valence-electron chi connectivity index (χ2n) is 10.5. The maximum absolute atomic E-state index is 13.1. The third kappa shape index (κ3) is 6.59. The highest BCUT2D eigenvalue weighted by atomic mass is 35.5. The lowest BCUT2D eigenvalue weighted by Gasteiger charge is -2.52. The molecule has 2 aliphatic heterocycles. The van der Waals surface area contributed by atoms with Gasteiger partial charge in [-0.1, -0.05) is 6.58 Å². The molecule has 1 aromatic rings. The van der Waals surface area contributed by atoms with Crippen molar-refractivity contribution >= 4 is 36.0 Å². The summed E-state index contributed by atoms with van der Waals surface area (Å²) in [6.45, 7) is 9.68. The minimum Gasteiger partial charge on any atom is -0.495 e. The normalized spacial score (nSPS) is 29.3. The van der Waals surface area contributed by atoms with Crippen LogP contribution in [0.5, 0.6) is 5.75 Å². The average molecular weight is 528 g/mol. The van der Waals surface area contributed by atoms with E-state index in [0.717, 1.165) is 25.2 Å². The van der Waals surface area contributed by atoms with Gasteiger partial charge in [0.2, 0.25) is 12.2 Å². The summed E-state index contributed by atoms with van der Waals surface area (Å²) in [5.41, 5.74) is 1.50. The first kappa shape index (κ1) is 28.0. The number of anilines is 2. The molecule has 0 radical (unpaired) electrons. The van der Waals surface area contributed by atoms with E-state index in [1.54, 1.807) is 13.2 Å². The summed E-state index contributed by atoms with van der Waals surface area (Å²) < 4.78 is 19.2. The number of nitrogens with zero attached hydrogens (tertiary/aromatic N) is 2. The molecule has 1 aromatic carbocycles. The highest BCUT2D eigenvalue weighted by molar-refractivity contribution is 7.63. The molecular weight excluding hydrogens is 487 g/mol. The summed E-state index contributed by atoms with van der Waals surface area (Å²) in [6.07, 6.45) is 1.86. The monoisotopic (exact) mass is 527 g/mol. The molecule has 196 valence electrons. The van der Waals surface area contributed by atoms with Gasteiger partial charge in [-0.25, -0.2) is 5.32 Å². The van der Waals surface area contributed by atoms with Crippen molar-refractivity contribution in [2.45, 2.75) is 36.0 Å². The van der Waals surface area contributed by atoms with Crippen molar-refractivity contribution in [2.75, 3.05) is 71.9 Å². The van der Waals surface area contributed by atoms with Crippen molar-refractivity contribution in [2.24, 2.45) is 0 Å². The number of ether oxygens (including phenoxy) is 1. The van der Waals surface area contributed by atoms with E-state index in [2.05, 4.69) is 53.9 Å². The zero-order chi connectivity index (χ0) is 26.0. The number of nitrogens with one attached hydrogen (secondary N) is 4. The lowest BCUT2D eigenvalue weighted by molar-refractivity contribution is -0.945. The third-order valence-corrected chi connectivity index (χ3v) is 9.75. The topological polar surface area (TPSA) is 94.7 Å². The number of hydrogen-bond donors (Lipinski definition) is 4. The van der Waals surface area contributed by atoms with Crippen molar-refractivity contribution in [3.63, 3.8) is 0 Å². The summed E-state index contributed by atoms with van der Waals surface area (Å²) in [4.78, 5) is 14.1. The van der Waals surface area contributed by atoms with Crippen molar-refractivity contribution in [3.8, 4) is 5.75 Å². The van der Waals surface area contributed by atoms with Gasteiger partial charge < -0.3 is 24.8 Å². The molecule has 11 heteroatoms. The van der Waals surface area contributed by atoms with E-state index in [1.807, 2.05) is 25.5 Å². The second kappa shape index (κ2) is 11.2. The molecule has 4 N–H and O–H groups in total. The van der Waals surface area contributed by atoms with Crippen LogP contribution >= 0.6 is 18.7 Å². The Hall–Kier alpha value is -1.61. The van der Waals surface area contributed by atoms with E-state index >= 15 is 0 Å². The maximum Gasteiger partial charge on any atom is 0.247 e. The predicted octanol–water partition coefficient (Wildman–Crippen LogP) is 2.41. The summed E-state index contributed by atoms with van der Waals surface area (Å²) in [5, 5.41) is 13.5. The number of methoxy groups -OCH3 is 1. The van der Waals surface area contributed by atoms with Crippen LogP contribution in [-0.2, 0) is 9.36 Å². The summed E-state index contributed by atoms with van der Waals surface area (Å²) in [5.74, 6) is 0.381. The standard InChI is InChI=1S/C24H40ClN6O3P/c1-8-22(32)27-16-9-10-20(34-5)18(13-16)29-24-26-14-17(25)23(31(24,3)4)28-19-15-30(2)12-11-21(19)35(6,7)33/h8-10,13,17,19,21,23-24,26,28-29H,1,11-12,14-15H2,2-7H3/p+1. The minimum absolute atomic E-state index is 0.0870. The molecule has 35 heavy (non-hydrogen) atoms. The van der Waals surface area contributed by atoms with Crippen LogP contribution in [-0.4, -0.2) is 106 Å². The van der Waals surface area contributed by atoms with E-state index in [0.29, 0.717) is 22.5 Å². The second-order valence-corrected chi connectivity index (χ2v) is 14.6. The molecule has 1 amide bonds. The van der Waals surface area contributed by atoms with Gasteiger partial charge in [-0.05, 0) is 57.6 Å². The lowest BCUT2D eigenvalue weighted by Crippen LogP contribution is -2.77. The molecule has 9 nitrogen and oxygen atoms in total. The van der Waals surface area contributed by atoms with E-state index < -0.39 is 7.14 Å². The first-order chi connectivity index (χ1) is 16.4. The number of hydrogen-bond acceptors (Lipinski definition) is 7. The van der Waals surface area contributed by atoms with E-state index in [4.69, 9.17) is 16.3 Å². The number of quaternary nitrogens is 1. The number of piperidine rings is 1. The van der Waals surface area contributed by atoms with E-state index in [9.17, 15) is 9.36 Å². The summed E-state index contributed by atoms with van der Waals surface area (Å²) in [6, 6.07) is 5.52. The molecule has 2 saturated heterocycles. The fourth-order valence-corrected chi connectivity index (χ4v) is 7.37. The smallest absolute Gasteiger partial charge is 0.247 e. The van der Waals surface area contributed by atoms with Crippen LogP contribution in [0.15, 0.2) is 30.9 Å². The van der Waals surface area contributed by atoms with Gasteiger partial charge in [-0.2, -0.15) is 0 Å². The molecule has 5 unspecified atom stereocenters. The predicted molar refractivity (Wildman–Crippen MR) is 145 cm³/mol. The fourth-order valence-electron chi connectivity index (χ4n) is 5.13. The quantitative estimate of drug-likeness (QED) is 0.178. The van der Waals surface area contributed by atoms with Gasteiger partial charge in [0, 0.05) is 30.5 Å². The molecule has 0 aromatic heterocycles. The van der Waals surface area contributed by atoms with Crippen LogP contribution in [0, 0.1) is 0 Å². The number of amides is 1. The van der Waals surface area contributed by atoms with Crippen LogP contribution in [0.1, 0.15) is 6.42 Å². The fraction of sp³-hybridized carbons (Fsp3) is 0.625. The molecule has 3 rings (SSSR count). The highest BCUT2D eigenvalue weighted by Gasteiger charge is 2.48. The SMILES string of the molecule is C=CC(=O)Nc1ccc(OC)c(NC2NCC(Cl)C(NC3CN(C)CCC3P(C)(C)=O)[N+]2(C)C)c1. The minimum atomic E-state index is -2.28. The van der Waals surface area contributed by atoms with Gasteiger partial charge in [-0.3, -0.25) is 14.6 Å². The number of likely N-dealkylation sites (tertiary alicyclic amines) is 1. The van der Waals surface area contributed by atoms with Gasteiger partial charge in [0.1, 0.15) is 11.1 Å². The molecule has 2 fully saturated rings. The van der Waals surface area contributed by atoms with E-state index in [-0.39, 0.29) is 35.4 Å². The molecule has 2 heterocycles. The van der Waals surface area contributed by atoms with Crippen LogP contribution in [0.25, 0.3) is 0 Å². The Labute approximate surface area is 214 Å². The first-order valence-corrected chi connectivity index (χ1v) is 15.1. The van der Waals surface area contributed by atoms with Crippen molar-refractivity contribution in [3.05, 3.63) is 30.9 Å². The number of alkyl halides is 1.